The maximum atomic E-state index is 11.6. The topological polar surface area (TPSA) is 92.3 Å². The van der Waals surface area contributed by atoms with Crippen LogP contribution in [0.4, 0.5) is 11.4 Å². The summed E-state index contributed by atoms with van der Waals surface area (Å²) in [6.45, 7) is 1.40. The SMILES string of the molecule is CC(=O)Nc1cccc(NC(=O)CCCS(C)(=O)=O)c1. The average molecular weight is 298 g/mol. The van der Waals surface area contributed by atoms with Crippen LogP contribution in [0, 0.1) is 0 Å². The van der Waals surface area contributed by atoms with Gasteiger partial charge in [-0.05, 0) is 24.6 Å². The van der Waals surface area contributed by atoms with Crippen LogP contribution in [0.2, 0.25) is 0 Å². The van der Waals surface area contributed by atoms with Crippen LogP contribution in [0.1, 0.15) is 19.8 Å². The fraction of sp³-hybridized carbons (Fsp3) is 0.385. The smallest absolute Gasteiger partial charge is 0.224 e. The van der Waals surface area contributed by atoms with Gasteiger partial charge in [0.15, 0.2) is 0 Å². The number of hydrogen-bond acceptors (Lipinski definition) is 4. The van der Waals surface area contributed by atoms with Crippen LogP contribution in [0.5, 0.6) is 0 Å². The molecular weight excluding hydrogens is 280 g/mol. The minimum absolute atomic E-state index is 0.00759. The average Bonchev–Trinajstić information content (AvgIpc) is 2.26. The highest BCUT2D eigenvalue weighted by Crippen LogP contribution is 2.15. The quantitative estimate of drug-likeness (QED) is 0.830. The molecule has 0 radical (unpaired) electrons. The summed E-state index contributed by atoms with van der Waals surface area (Å²) in [5, 5.41) is 5.27. The van der Waals surface area contributed by atoms with Crippen LogP contribution >= 0.6 is 0 Å². The molecule has 6 nitrogen and oxygen atoms in total. The van der Waals surface area contributed by atoms with Crippen molar-refractivity contribution in [2.75, 3.05) is 22.6 Å². The number of carbonyl (C=O) groups excluding carboxylic acids is 2. The minimum atomic E-state index is -3.04. The van der Waals surface area contributed by atoms with Crippen LogP contribution in [-0.4, -0.2) is 32.2 Å². The van der Waals surface area contributed by atoms with Crippen molar-refractivity contribution in [3.05, 3.63) is 24.3 Å². The van der Waals surface area contributed by atoms with E-state index in [0.717, 1.165) is 6.26 Å². The van der Waals surface area contributed by atoms with Gasteiger partial charge < -0.3 is 10.6 Å². The fourth-order valence-electron chi connectivity index (χ4n) is 1.60. The number of amides is 2. The van der Waals surface area contributed by atoms with E-state index in [0.29, 0.717) is 11.4 Å². The van der Waals surface area contributed by atoms with Crippen molar-refractivity contribution in [3.8, 4) is 0 Å². The van der Waals surface area contributed by atoms with Gasteiger partial charge in [0.1, 0.15) is 9.84 Å². The van der Waals surface area contributed by atoms with Gasteiger partial charge in [-0.3, -0.25) is 9.59 Å². The molecule has 2 N–H and O–H groups in total. The molecule has 0 spiro atoms. The summed E-state index contributed by atoms with van der Waals surface area (Å²) >= 11 is 0. The number of benzene rings is 1. The highest BCUT2D eigenvalue weighted by Gasteiger charge is 2.07. The minimum Gasteiger partial charge on any atom is -0.326 e. The van der Waals surface area contributed by atoms with Crippen molar-refractivity contribution in [3.63, 3.8) is 0 Å². The Kier molecular flexibility index (Phi) is 5.69. The van der Waals surface area contributed by atoms with Crippen molar-refractivity contribution >= 4 is 33.0 Å². The summed E-state index contributed by atoms with van der Waals surface area (Å²) in [6.07, 6.45) is 1.56. The predicted octanol–water partition coefficient (Wildman–Crippen LogP) is 1.41. The van der Waals surface area contributed by atoms with Crippen LogP contribution < -0.4 is 10.6 Å². The van der Waals surface area contributed by atoms with Gasteiger partial charge in [0.25, 0.3) is 0 Å². The molecule has 0 aliphatic carbocycles. The highest BCUT2D eigenvalue weighted by atomic mass is 32.2. The van der Waals surface area contributed by atoms with Gasteiger partial charge in [0.2, 0.25) is 11.8 Å². The summed E-state index contributed by atoms with van der Waals surface area (Å²) in [6, 6.07) is 6.74. The molecule has 1 aromatic rings. The Morgan fingerprint density at radius 3 is 2.30 bits per heavy atom. The molecule has 0 bridgehead atoms. The van der Waals surface area contributed by atoms with Crippen molar-refractivity contribution < 1.29 is 18.0 Å². The van der Waals surface area contributed by atoms with E-state index in [1.165, 1.54) is 6.92 Å². The maximum Gasteiger partial charge on any atom is 0.224 e. The third kappa shape index (κ3) is 6.89. The highest BCUT2D eigenvalue weighted by molar-refractivity contribution is 7.90. The number of sulfone groups is 1. The predicted molar refractivity (Wildman–Crippen MR) is 78.3 cm³/mol. The van der Waals surface area contributed by atoms with Gasteiger partial charge in [-0.25, -0.2) is 8.42 Å². The molecule has 0 aliphatic rings. The van der Waals surface area contributed by atoms with Gasteiger partial charge in [-0.2, -0.15) is 0 Å². The van der Waals surface area contributed by atoms with E-state index in [1.54, 1.807) is 24.3 Å². The van der Waals surface area contributed by atoms with Crippen LogP contribution in [0.3, 0.4) is 0 Å². The lowest BCUT2D eigenvalue weighted by atomic mass is 10.2. The fourth-order valence-corrected chi connectivity index (χ4v) is 2.27. The molecule has 0 aromatic heterocycles. The second kappa shape index (κ2) is 7.04. The number of carbonyl (C=O) groups is 2. The third-order valence-corrected chi connectivity index (χ3v) is 3.42. The Morgan fingerprint density at radius 1 is 1.15 bits per heavy atom. The van der Waals surface area contributed by atoms with Gasteiger partial charge in [-0.1, -0.05) is 6.07 Å². The molecule has 20 heavy (non-hydrogen) atoms. The largest absolute Gasteiger partial charge is 0.326 e. The van der Waals surface area contributed by atoms with Gasteiger partial charge >= 0.3 is 0 Å². The van der Waals surface area contributed by atoms with E-state index in [-0.39, 0.29) is 30.4 Å². The zero-order valence-electron chi connectivity index (χ0n) is 11.5. The molecule has 0 aliphatic heterocycles. The lowest BCUT2D eigenvalue weighted by Gasteiger charge is -2.07. The number of rotatable bonds is 6. The molecular formula is C13H18N2O4S. The van der Waals surface area contributed by atoms with Gasteiger partial charge in [0, 0.05) is 31.0 Å². The lowest BCUT2D eigenvalue weighted by Crippen LogP contribution is -2.14. The molecule has 0 atom stereocenters. The molecule has 0 fully saturated rings. The van der Waals surface area contributed by atoms with Gasteiger partial charge in [-0.15, -0.1) is 0 Å². The molecule has 1 rings (SSSR count). The first kappa shape index (κ1) is 16.2. The van der Waals surface area contributed by atoms with Crippen LogP contribution in [-0.2, 0) is 19.4 Å². The van der Waals surface area contributed by atoms with Crippen LogP contribution in [0.25, 0.3) is 0 Å². The summed E-state index contributed by atoms with van der Waals surface area (Å²) in [7, 11) is -3.04. The Labute approximate surface area is 118 Å². The van der Waals surface area contributed by atoms with E-state index in [1.807, 2.05) is 0 Å². The Bertz CT molecular complexity index is 596. The van der Waals surface area contributed by atoms with Crippen molar-refractivity contribution in [2.45, 2.75) is 19.8 Å². The van der Waals surface area contributed by atoms with Crippen molar-refractivity contribution in [2.24, 2.45) is 0 Å². The molecule has 7 heteroatoms. The molecule has 1 aromatic carbocycles. The second-order valence-electron chi connectivity index (χ2n) is 4.54. The van der Waals surface area contributed by atoms with E-state index in [9.17, 15) is 18.0 Å². The van der Waals surface area contributed by atoms with Crippen molar-refractivity contribution in [1.29, 1.82) is 0 Å². The third-order valence-electron chi connectivity index (χ3n) is 2.39. The molecule has 0 heterocycles. The molecule has 0 unspecified atom stereocenters. The first-order valence-corrected chi connectivity index (χ1v) is 8.17. The van der Waals surface area contributed by atoms with E-state index in [4.69, 9.17) is 0 Å². The summed E-state index contributed by atoms with van der Waals surface area (Å²) < 4.78 is 21.9. The number of nitrogens with one attached hydrogen (secondary N) is 2. The normalized spacial score (nSPS) is 10.9. The van der Waals surface area contributed by atoms with E-state index in [2.05, 4.69) is 10.6 Å². The standard InChI is InChI=1S/C13H18N2O4S/c1-10(16)14-11-5-3-6-12(9-11)15-13(17)7-4-8-20(2,18)19/h3,5-6,9H,4,7-8H2,1-2H3,(H,14,16)(H,15,17). The summed E-state index contributed by atoms with van der Waals surface area (Å²) in [5.74, 6) is -0.456. The Morgan fingerprint density at radius 2 is 1.75 bits per heavy atom. The Hall–Kier alpha value is -1.89. The summed E-state index contributed by atoms with van der Waals surface area (Å²) in [5.41, 5.74) is 1.15. The second-order valence-corrected chi connectivity index (χ2v) is 6.80. The zero-order chi connectivity index (χ0) is 15.2. The Balaban J connectivity index is 2.51. The summed E-state index contributed by atoms with van der Waals surface area (Å²) in [4.78, 5) is 22.6. The molecule has 110 valence electrons. The lowest BCUT2D eigenvalue weighted by molar-refractivity contribution is -0.116. The molecule has 0 saturated carbocycles. The maximum absolute atomic E-state index is 11.6. The number of hydrogen-bond donors (Lipinski definition) is 2. The van der Waals surface area contributed by atoms with Crippen LogP contribution in [0.15, 0.2) is 24.3 Å². The van der Waals surface area contributed by atoms with E-state index >= 15 is 0 Å². The van der Waals surface area contributed by atoms with Crippen molar-refractivity contribution in [1.82, 2.24) is 0 Å². The first-order valence-electron chi connectivity index (χ1n) is 6.11. The number of anilines is 2. The molecule has 2 amide bonds. The zero-order valence-corrected chi connectivity index (χ0v) is 12.3. The van der Waals surface area contributed by atoms with Gasteiger partial charge in [0.05, 0.1) is 5.75 Å². The monoisotopic (exact) mass is 298 g/mol. The molecule has 0 saturated heterocycles. The first-order chi connectivity index (χ1) is 9.26. The van der Waals surface area contributed by atoms with E-state index < -0.39 is 9.84 Å².